The van der Waals surface area contributed by atoms with E-state index in [2.05, 4.69) is 18.1 Å². The molecule has 0 aromatic rings. The van der Waals surface area contributed by atoms with Gasteiger partial charge in [-0.2, -0.15) is 0 Å². The van der Waals surface area contributed by atoms with E-state index in [1.807, 2.05) is 6.20 Å². The van der Waals surface area contributed by atoms with Gasteiger partial charge < -0.3 is 4.79 Å². The van der Waals surface area contributed by atoms with Gasteiger partial charge in [-0.15, -0.1) is 0 Å². The Balaban J connectivity index is 1.97. The Morgan fingerprint density at radius 2 is 2.00 bits per heavy atom. The fourth-order valence-electron chi connectivity index (χ4n) is 4.05. The molecular formula is C19H29NO2. The molecule has 1 aliphatic carbocycles. The summed E-state index contributed by atoms with van der Waals surface area (Å²) >= 11 is 0. The average molecular weight is 303 g/mol. The van der Waals surface area contributed by atoms with Gasteiger partial charge >= 0.3 is 0 Å². The lowest BCUT2D eigenvalue weighted by Gasteiger charge is -2.39. The van der Waals surface area contributed by atoms with Gasteiger partial charge in [-0.1, -0.05) is 26.2 Å². The van der Waals surface area contributed by atoms with E-state index in [0.717, 1.165) is 18.4 Å². The van der Waals surface area contributed by atoms with Crippen molar-refractivity contribution < 1.29 is 9.59 Å². The molecule has 1 heterocycles. The Morgan fingerprint density at radius 3 is 2.73 bits per heavy atom. The van der Waals surface area contributed by atoms with Crippen LogP contribution in [0.1, 0.15) is 71.6 Å². The first-order valence-corrected chi connectivity index (χ1v) is 8.89. The SMILES string of the molecule is CCCC1CCCC2C=NC=C(C(=O)CCCCC(C)=O)C21. The normalized spacial score (nSPS) is 27.2. The standard InChI is InChI=1S/C19H29NO2/c1-3-7-15-9-6-10-16-12-20-13-17(19(15)16)18(22)11-5-4-8-14(2)21/h12-13,15-16,19H,3-11H2,1-2H3. The van der Waals surface area contributed by atoms with Crippen LogP contribution in [0.25, 0.3) is 0 Å². The summed E-state index contributed by atoms with van der Waals surface area (Å²) in [5.41, 5.74) is 0.966. The first-order valence-electron chi connectivity index (χ1n) is 8.89. The summed E-state index contributed by atoms with van der Waals surface area (Å²) in [6.45, 7) is 3.84. The van der Waals surface area contributed by atoms with E-state index < -0.39 is 0 Å². The Labute approximate surface area is 134 Å². The van der Waals surface area contributed by atoms with Crippen LogP contribution in [0, 0.1) is 17.8 Å². The summed E-state index contributed by atoms with van der Waals surface area (Å²) in [4.78, 5) is 28.0. The van der Waals surface area contributed by atoms with Crippen molar-refractivity contribution in [2.24, 2.45) is 22.7 Å². The smallest absolute Gasteiger partial charge is 0.160 e. The Kier molecular flexibility index (Phi) is 6.53. The molecule has 2 rings (SSSR count). The van der Waals surface area contributed by atoms with Crippen molar-refractivity contribution in [2.45, 2.75) is 71.6 Å². The number of hydrogen-bond donors (Lipinski definition) is 0. The monoisotopic (exact) mass is 303 g/mol. The molecule has 0 saturated heterocycles. The summed E-state index contributed by atoms with van der Waals surface area (Å²) in [6, 6.07) is 0. The van der Waals surface area contributed by atoms with E-state index in [1.165, 1.54) is 32.1 Å². The minimum atomic E-state index is 0.212. The minimum Gasteiger partial charge on any atom is -0.300 e. The maximum atomic E-state index is 12.6. The van der Waals surface area contributed by atoms with E-state index in [9.17, 15) is 9.59 Å². The Bertz CT molecular complexity index is 462. The number of aliphatic imine (C=N–C) groups is 1. The molecule has 0 amide bonds. The topological polar surface area (TPSA) is 46.5 Å². The number of rotatable bonds is 8. The molecule has 1 saturated carbocycles. The molecule has 3 nitrogen and oxygen atoms in total. The number of fused-ring (bicyclic) bond motifs is 1. The zero-order valence-electron chi connectivity index (χ0n) is 14.0. The van der Waals surface area contributed by atoms with Gasteiger partial charge in [0.2, 0.25) is 0 Å². The van der Waals surface area contributed by atoms with Crippen molar-refractivity contribution in [1.29, 1.82) is 0 Å². The predicted octanol–water partition coefficient (Wildman–Crippen LogP) is 4.51. The summed E-state index contributed by atoms with van der Waals surface area (Å²) in [5.74, 6) is 1.98. The predicted molar refractivity (Wildman–Crippen MR) is 90.0 cm³/mol. The fraction of sp³-hybridized carbons (Fsp3) is 0.737. The molecule has 0 bridgehead atoms. The summed E-state index contributed by atoms with van der Waals surface area (Å²) < 4.78 is 0. The van der Waals surface area contributed by atoms with Crippen LogP contribution in [0.15, 0.2) is 16.8 Å². The minimum absolute atomic E-state index is 0.212. The quantitative estimate of drug-likeness (QED) is 0.619. The third-order valence-corrected chi connectivity index (χ3v) is 5.10. The molecule has 3 unspecified atom stereocenters. The van der Waals surface area contributed by atoms with Crippen LogP contribution in [0.4, 0.5) is 0 Å². The molecule has 0 aromatic carbocycles. The lowest BCUT2D eigenvalue weighted by atomic mass is 9.66. The first-order chi connectivity index (χ1) is 10.6. The largest absolute Gasteiger partial charge is 0.300 e. The van der Waals surface area contributed by atoms with E-state index in [4.69, 9.17) is 0 Å². The van der Waals surface area contributed by atoms with Gasteiger partial charge in [-0.05, 0) is 44.4 Å². The zero-order chi connectivity index (χ0) is 15.9. The number of hydrogen-bond acceptors (Lipinski definition) is 3. The fourth-order valence-corrected chi connectivity index (χ4v) is 4.05. The second-order valence-corrected chi connectivity index (χ2v) is 6.88. The van der Waals surface area contributed by atoms with Crippen molar-refractivity contribution in [3.05, 3.63) is 11.8 Å². The number of unbranched alkanes of at least 4 members (excludes halogenated alkanes) is 1. The van der Waals surface area contributed by atoms with Crippen LogP contribution < -0.4 is 0 Å². The lowest BCUT2D eigenvalue weighted by Crippen LogP contribution is -2.34. The molecule has 2 aliphatic rings. The molecule has 0 radical (unpaired) electrons. The van der Waals surface area contributed by atoms with E-state index in [1.54, 1.807) is 6.92 Å². The Morgan fingerprint density at radius 1 is 1.23 bits per heavy atom. The molecule has 1 aliphatic heterocycles. The van der Waals surface area contributed by atoms with E-state index >= 15 is 0 Å². The number of carbonyl (C=O) groups is 2. The molecule has 1 fully saturated rings. The van der Waals surface area contributed by atoms with E-state index in [0.29, 0.717) is 30.6 Å². The van der Waals surface area contributed by atoms with Gasteiger partial charge in [0.15, 0.2) is 5.78 Å². The van der Waals surface area contributed by atoms with E-state index in [-0.39, 0.29) is 11.6 Å². The van der Waals surface area contributed by atoms with Crippen LogP contribution in [0.3, 0.4) is 0 Å². The average Bonchev–Trinajstić information content (AvgIpc) is 2.51. The third kappa shape index (κ3) is 4.37. The second kappa shape index (κ2) is 8.40. The number of Topliss-reactive ketones (excluding diaryl/α,β-unsaturated/α-hetero) is 2. The lowest BCUT2D eigenvalue weighted by molar-refractivity contribution is -0.118. The van der Waals surface area contributed by atoms with Crippen molar-refractivity contribution in [3.8, 4) is 0 Å². The highest BCUT2D eigenvalue weighted by Gasteiger charge is 2.37. The molecule has 0 aromatic heterocycles. The molecule has 122 valence electrons. The summed E-state index contributed by atoms with van der Waals surface area (Å²) in [5, 5.41) is 0. The maximum Gasteiger partial charge on any atom is 0.160 e. The first kappa shape index (κ1) is 17.1. The summed E-state index contributed by atoms with van der Waals surface area (Å²) in [6.07, 6.45) is 12.8. The van der Waals surface area contributed by atoms with Gasteiger partial charge in [-0.3, -0.25) is 9.79 Å². The number of carbonyl (C=O) groups excluding carboxylic acids is 2. The Hall–Kier alpha value is -1.25. The third-order valence-electron chi connectivity index (χ3n) is 5.10. The number of nitrogens with zero attached hydrogens (tertiary/aromatic N) is 1. The van der Waals surface area contributed by atoms with Crippen LogP contribution in [0.2, 0.25) is 0 Å². The molecule has 0 spiro atoms. The molecule has 0 N–H and O–H groups in total. The van der Waals surface area contributed by atoms with Gasteiger partial charge in [0.25, 0.3) is 0 Å². The maximum absolute atomic E-state index is 12.6. The summed E-state index contributed by atoms with van der Waals surface area (Å²) in [7, 11) is 0. The van der Waals surface area contributed by atoms with Gasteiger partial charge in [0.1, 0.15) is 5.78 Å². The molecule has 3 atom stereocenters. The number of allylic oxidation sites excluding steroid dienone is 1. The zero-order valence-corrected chi connectivity index (χ0v) is 14.0. The van der Waals surface area contributed by atoms with Crippen LogP contribution in [0.5, 0.6) is 0 Å². The van der Waals surface area contributed by atoms with Crippen molar-refractivity contribution in [2.75, 3.05) is 0 Å². The highest BCUT2D eigenvalue weighted by Crippen LogP contribution is 2.43. The highest BCUT2D eigenvalue weighted by atomic mass is 16.1. The second-order valence-electron chi connectivity index (χ2n) is 6.88. The highest BCUT2D eigenvalue weighted by molar-refractivity contribution is 5.97. The molecule has 3 heteroatoms. The molecule has 22 heavy (non-hydrogen) atoms. The van der Waals surface area contributed by atoms with Gasteiger partial charge in [0.05, 0.1) is 0 Å². The van der Waals surface area contributed by atoms with Gasteiger partial charge in [0, 0.05) is 36.7 Å². The van der Waals surface area contributed by atoms with Crippen molar-refractivity contribution in [3.63, 3.8) is 0 Å². The number of ketones is 2. The van der Waals surface area contributed by atoms with Crippen LogP contribution in [-0.4, -0.2) is 17.8 Å². The molecular weight excluding hydrogens is 274 g/mol. The van der Waals surface area contributed by atoms with Gasteiger partial charge in [-0.25, -0.2) is 0 Å². The van der Waals surface area contributed by atoms with Crippen LogP contribution in [-0.2, 0) is 9.59 Å². The van der Waals surface area contributed by atoms with Crippen molar-refractivity contribution in [1.82, 2.24) is 0 Å². The van der Waals surface area contributed by atoms with Crippen LogP contribution >= 0.6 is 0 Å². The van der Waals surface area contributed by atoms with Crippen molar-refractivity contribution >= 4 is 17.8 Å².